The molecule has 0 radical (unpaired) electrons. The maximum absolute atomic E-state index is 12.1. The quantitative estimate of drug-likeness (QED) is 0.544. The number of H-pyrrole nitrogens is 1. The second kappa shape index (κ2) is 9.21. The van der Waals surface area contributed by atoms with Gasteiger partial charge in [-0.3, -0.25) is 9.78 Å². The number of anilines is 2. The second-order valence-electron chi connectivity index (χ2n) is 8.67. The third-order valence-corrected chi connectivity index (χ3v) is 6.44. The van der Waals surface area contributed by atoms with Crippen molar-refractivity contribution in [3.05, 3.63) is 48.3 Å². The van der Waals surface area contributed by atoms with Crippen molar-refractivity contribution < 1.29 is 4.79 Å². The van der Waals surface area contributed by atoms with E-state index < -0.39 is 5.91 Å². The molecule has 3 aromatic heterocycles. The molecule has 9 nitrogen and oxygen atoms in total. The van der Waals surface area contributed by atoms with Crippen molar-refractivity contribution in [2.75, 3.05) is 69.2 Å². The van der Waals surface area contributed by atoms with Gasteiger partial charge in [0, 0.05) is 81.6 Å². The topological polar surface area (TPSA) is 106 Å². The van der Waals surface area contributed by atoms with E-state index in [4.69, 9.17) is 10.7 Å². The van der Waals surface area contributed by atoms with Crippen LogP contribution in [0.5, 0.6) is 0 Å². The molecule has 0 spiro atoms. The average molecular weight is 447 g/mol. The molecule has 3 aromatic rings. The number of piperazine rings is 2. The zero-order valence-electron chi connectivity index (χ0n) is 18.9. The van der Waals surface area contributed by atoms with Crippen LogP contribution in [0.4, 0.5) is 11.6 Å². The number of rotatable bonds is 5. The molecule has 0 aliphatic carbocycles. The molecule has 5 heterocycles. The molecule has 33 heavy (non-hydrogen) atoms. The molecule has 4 N–H and O–H groups in total. The smallest absolute Gasteiger partial charge is 0.252 e. The van der Waals surface area contributed by atoms with Crippen molar-refractivity contribution in [1.82, 2.24) is 25.2 Å². The maximum atomic E-state index is 12.1. The standard InChI is InChI=1S/C24H30N8O/c1-30-10-12-31(13-11-30)22-3-2-18(16-28-22)20-14-17(4-5-27-20)21-15-19(23(25)33)24(29-21)32-8-6-26-7-9-32/h2-5,14-16,26,29H,6-13H2,1H3,(H2,25,33). The minimum atomic E-state index is -0.427. The summed E-state index contributed by atoms with van der Waals surface area (Å²) >= 11 is 0. The van der Waals surface area contributed by atoms with Crippen LogP contribution in [0.15, 0.2) is 42.7 Å². The van der Waals surface area contributed by atoms with E-state index in [1.54, 1.807) is 6.20 Å². The van der Waals surface area contributed by atoms with E-state index in [9.17, 15) is 4.79 Å². The zero-order chi connectivity index (χ0) is 22.8. The van der Waals surface area contributed by atoms with Crippen LogP contribution in [-0.2, 0) is 0 Å². The van der Waals surface area contributed by atoms with Gasteiger partial charge in [-0.05, 0) is 37.4 Å². The summed E-state index contributed by atoms with van der Waals surface area (Å²) in [5.41, 5.74) is 9.80. The summed E-state index contributed by atoms with van der Waals surface area (Å²) in [4.78, 5) is 31.6. The second-order valence-corrected chi connectivity index (χ2v) is 8.67. The fraction of sp³-hybridized carbons (Fsp3) is 0.375. The molecule has 0 unspecified atom stereocenters. The number of carbonyl (C=O) groups excluding carboxylic acids is 1. The van der Waals surface area contributed by atoms with Gasteiger partial charge >= 0.3 is 0 Å². The molecule has 1 amide bonds. The Morgan fingerprint density at radius 1 is 0.939 bits per heavy atom. The van der Waals surface area contributed by atoms with Crippen LogP contribution in [0, 0.1) is 0 Å². The highest BCUT2D eigenvalue weighted by molar-refractivity contribution is 5.99. The van der Waals surface area contributed by atoms with Crippen molar-refractivity contribution in [3.8, 4) is 22.5 Å². The SMILES string of the molecule is CN1CCN(c2ccc(-c3cc(-c4cc(C(N)=O)c(N5CCNCC5)[nH]4)ccn3)cn2)CC1. The highest BCUT2D eigenvalue weighted by atomic mass is 16.1. The van der Waals surface area contributed by atoms with Gasteiger partial charge in [0.25, 0.3) is 5.91 Å². The first-order valence-corrected chi connectivity index (χ1v) is 11.4. The van der Waals surface area contributed by atoms with Gasteiger partial charge < -0.3 is 30.7 Å². The van der Waals surface area contributed by atoms with Crippen LogP contribution >= 0.6 is 0 Å². The molecule has 172 valence electrons. The predicted octanol–water partition coefficient (Wildman–Crippen LogP) is 1.40. The van der Waals surface area contributed by atoms with E-state index in [-0.39, 0.29) is 0 Å². The number of carbonyl (C=O) groups is 1. The van der Waals surface area contributed by atoms with Gasteiger partial charge in [0.05, 0.1) is 11.3 Å². The normalized spacial score (nSPS) is 17.4. The van der Waals surface area contributed by atoms with Crippen LogP contribution in [-0.4, -0.2) is 85.2 Å². The first-order valence-electron chi connectivity index (χ1n) is 11.4. The lowest BCUT2D eigenvalue weighted by molar-refractivity contribution is 0.100. The van der Waals surface area contributed by atoms with Gasteiger partial charge in [0.2, 0.25) is 0 Å². The van der Waals surface area contributed by atoms with Crippen molar-refractivity contribution in [3.63, 3.8) is 0 Å². The summed E-state index contributed by atoms with van der Waals surface area (Å²) in [6, 6.07) is 9.94. The van der Waals surface area contributed by atoms with E-state index in [1.165, 1.54) is 0 Å². The Hall–Kier alpha value is -3.43. The highest BCUT2D eigenvalue weighted by Gasteiger charge is 2.21. The van der Waals surface area contributed by atoms with Crippen molar-refractivity contribution in [2.45, 2.75) is 0 Å². The van der Waals surface area contributed by atoms with Crippen LogP contribution in [0.25, 0.3) is 22.5 Å². The molecule has 0 bridgehead atoms. The van der Waals surface area contributed by atoms with Gasteiger partial charge in [-0.15, -0.1) is 0 Å². The van der Waals surface area contributed by atoms with Gasteiger partial charge in [-0.2, -0.15) is 0 Å². The molecule has 0 saturated carbocycles. The van der Waals surface area contributed by atoms with Gasteiger partial charge in [-0.25, -0.2) is 4.98 Å². The fourth-order valence-corrected chi connectivity index (χ4v) is 4.44. The van der Waals surface area contributed by atoms with Crippen molar-refractivity contribution in [2.24, 2.45) is 5.73 Å². The monoisotopic (exact) mass is 446 g/mol. The number of hydrogen-bond donors (Lipinski definition) is 3. The van der Waals surface area contributed by atoms with E-state index >= 15 is 0 Å². The number of nitrogens with zero attached hydrogens (tertiary/aromatic N) is 5. The van der Waals surface area contributed by atoms with Crippen LogP contribution in [0.2, 0.25) is 0 Å². The molecule has 0 aromatic carbocycles. The summed E-state index contributed by atoms with van der Waals surface area (Å²) in [7, 11) is 2.15. The number of nitrogens with two attached hydrogens (primary N) is 1. The zero-order valence-corrected chi connectivity index (χ0v) is 18.9. The maximum Gasteiger partial charge on any atom is 0.252 e. The van der Waals surface area contributed by atoms with Crippen molar-refractivity contribution >= 4 is 17.5 Å². The van der Waals surface area contributed by atoms with E-state index in [1.807, 2.05) is 24.4 Å². The van der Waals surface area contributed by atoms with Crippen LogP contribution in [0.1, 0.15) is 10.4 Å². The Morgan fingerprint density at radius 2 is 1.73 bits per heavy atom. The summed E-state index contributed by atoms with van der Waals surface area (Å²) in [5.74, 6) is 1.36. The Labute approximate surface area is 193 Å². The lowest BCUT2D eigenvalue weighted by atomic mass is 10.1. The molecule has 2 aliphatic rings. The minimum Gasteiger partial charge on any atom is -0.365 e. The summed E-state index contributed by atoms with van der Waals surface area (Å²) in [6.07, 6.45) is 3.67. The number of primary amides is 1. The molecule has 0 atom stereocenters. The number of pyridine rings is 2. The third-order valence-electron chi connectivity index (χ3n) is 6.44. The van der Waals surface area contributed by atoms with Crippen molar-refractivity contribution in [1.29, 1.82) is 0 Å². The number of likely N-dealkylation sites (N-methyl/N-ethyl adjacent to an activating group) is 1. The molecule has 9 heteroatoms. The molecule has 2 aliphatic heterocycles. The van der Waals surface area contributed by atoms with Gasteiger partial charge in [0.15, 0.2) is 0 Å². The Morgan fingerprint density at radius 3 is 2.42 bits per heavy atom. The molecular formula is C24H30N8O. The predicted molar refractivity (Wildman–Crippen MR) is 131 cm³/mol. The van der Waals surface area contributed by atoms with Gasteiger partial charge in [-0.1, -0.05) is 0 Å². The lowest BCUT2D eigenvalue weighted by Gasteiger charge is -2.33. The largest absolute Gasteiger partial charge is 0.365 e. The first kappa shape index (κ1) is 21.4. The Bertz CT molecular complexity index is 1110. The number of hydrogen-bond acceptors (Lipinski definition) is 7. The van der Waals surface area contributed by atoms with Crippen LogP contribution in [0.3, 0.4) is 0 Å². The number of aromatic nitrogens is 3. The lowest BCUT2D eigenvalue weighted by Crippen LogP contribution is -2.44. The Balaban J connectivity index is 1.40. The van der Waals surface area contributed by atoms with E-state index in [0.29, 0.717) is 5.56 Å². The highest BCUT2D eigenvalue weighted by Crippen LogP contribution is 2.30. The number of aromatic amines is 1. The average Bonchev–Trinajstić information content (AvgIpc) is 3.32. The first-order chi connectivity index (χ1) is 16.1. The fourth-order valence-electron chi connectivity index (χ4n) is 4.44. The number of amides is 1. The van der Waals surface area contributed by atoms with Crippen LogP contribution < -0.4 is 20.9 Å². The van der Waals surface area contributed by atoms with Gasteiger partial charge in [0.1, 0.15) is 11.6 Å². The molecule has 2 fully saturated rings. The molecule has 5 rings (SSSR count). The Kier molecular flexibility index (Phi) is 5.97. The number of nitrogens with one attached hydrogen (secondary N) is 2. The van der Waals surface area contributed by atoms with E-state index in [0.717, 1.165) is 86.5 Å². The minimum absolute atomic E-state index is 0.427. The molecular weight excluding hydrogens is 416 g/mol. The summed E-state index contributed by atoms with van der Waals surface area (Å²) in [6.45, 7) is 7.48. The summed E-state index contributed by atoms with van der Waals surface area (Å²) < 4.78 is 0. The summed E-state index contributed by atoms with van der Waals surface area (Å²) in [5, 5.41) is 3.33. The van der Waals surface area contributed by atoms with E-state index in [2.05, 4.69) is 49.2 Å². The molecule has 2 saturated heterocycles. The third kappa shape index (κ3) is 4.55.